The number of amides is 2. The molecule has 0 spiro atoms. The molecule has 16 heavy (non-hydrogen) atoms. The maximum atomic E-state index is 11.9. The Bertz CT molecular complexity index is 254. The molecule has 5 heteroatoms. The van der Waals surface area contributed by atoms with Gasteiger partial charge in [0.2, 0.25) is 0 Å². The zero-order valence-corrected chi connectivity index (χ0v) is 10.1. The highest BCUT2D eigenvalue weighted by Gasteiger charge is 2.35. The van der Waals surface area contributed by atoms with Crippen molar-refractivity contribution in [1.29, 1.82) is 0 Å². The Balaban J connectivity index is 1.88. The Kier molecular flexibility index (Phi) is 3.66. The molecule has 0 aromatic carbocycles. The van der Waals surface area contributed by atoms with Gasteiger partial charge in [0.25, 0.3) is 0 Å². The average Bonchev–Trinajstić information content (AvgIpc) is 2.85. The third-order valence-electron chi connectivity index (χ3n) is 3.44. The SMILES string of the molecule is CNCC1CN(CC2CCCO2)C(=O)N1C. The Morgan fingerprint density at radius 2 is 2.38 bits per heavy atom. The summed E-state index contributed by atoms with van der Waals surface area (Å²) in [6.07, 6.45) is 2.47. The van der Waals surface area contributed by atoms with Gasteiger partial charge in [-0.3, -0.25) is 0 Å². The minimum absolute atomic E-state index is 0.135. The van der Waals surface area contributed by atoms with E-state index in [1.54, 1.807) is 0 Å². The second-order valence-electron chi connectivity index (χ2n) is 4.64. The van der Waals surface area contributed by atoms with Gasteiger partial charge in [-0.15, -0.1) is 0 Å². The Labute approximate surface area is 96.7 Å². The number of ether oxygens (including phenoxy) is 1. The van der Waals surface area contributed by atoms with Crippen molar-refractivity contribution in [1.82, 2.24) is 15.1 Å². The van der Waals surface area contributed by atoms with Crippen molar-refractivity contribution < 1.29 is 9.53 Å². The largest absolute Gasteiger partial charge is 0.376 e. The van der Waals surface area contributed by atoms with E-state index >= 15 is 0 Å². The van der Waals surface area contributed by atoms with Crippen molar-refractivity contribution in [2.24, 2.45) is 0 Å². The lowest BCUT2D eigenvalue weighted by molar-refractivity contribution is 0.0858. The lowest BCUT2D eigenvalue weighted by atomic mass is 10.2. The summed E-state index contributed by atoms with van der Waals surface area (Å²) in [6, 6.07) is 0.426. The van der Waals surface area contributed by atoms with Crippen molar-refractivity contribution in [3.8, 4) is 0 Å². The molecule has 2 amide bonds. The van der Waals surface area contributed by atoms with Crippen molar-refractivity contribution in [2.45, 2.75) is 25.0 Å². The van der Waals surface area contributed by atoms with Crippen LogP contribution in [-0.2, 0) is 4.74 Å². The van der Waals surface area contributed by atoms with Crippen LogP contribution in [0.1, 0.15) is 12.8 Å². The molecule has 0 saturated carbocycles. The molecule has 2 rings (SSSR count). The fraction of sp³-hybridized carbons (Fsp3) is 0.909. The standard InChI is InChI=1S/C11H21N3O2/c1-12-6-9-7-14(11(15)13(9)2)8-10-4-3-5-16-10/h9-10,12H,3-8H2,1-2H3. The number of nitrogens with one attached hydrogen (secondary N) is 1. The minimum Gasteiger partial charge on any atom is -0.376 e. The third kappa shape index (κ3) is 2.30. The van der Waals surface area contributed by atoms with Crippen LogP contribution in [0.2, 0.25) is 0 Å². The van der Waals surface area contributed by atoms with E-state index in [4.69, 9.17) is 4.74 Å². The van der Waals surface area contributed by atoms with Gasteiger partial charge in [-0.25, -0.2) is 4.79 Å². The van der Waals surface area contributed by atoms with Gasteiger partial charge >= 0.3 is 6.03 Å². The van der Waals surface area contributed by atoms with Crippen LogP contribution in [0.5, 0.6) is 0 Å². The van der Waals surface area contributed by atoms with E-state index in [2.05, 4.69) is 5.32 Å². The molecule has 5 nitrogen and oxygen atoms in total. The molecule has 0 bridgehead atoms. The molecule has 0 aromatic rings. The molecule has 2 atom stereocenters. The van der Waals surface area contributed by atoms with Gasteiger partial charge in [0.1, 0.15) is 0 Å². The van der Waals surface area contributed by atoms with Crippen LogP contribution in [0, 0.1) is 0 Å². The highest BCUT2D eigenvalue weighted by atomic mass is 16.5. The average molecular weight is 227 g/mol. The molecule has 0 aromatic heterocycles. The van der Waals surface area contributed by atoms with E-state index < -0.39 is 0 Å². The summed E-state index contributed by atoms with van der Waals surface area (Å²) in [4.78, 5) is 15.7. The first-order chi connectivity index (χ1) is 7.72. The second kappa shape index (κ2) is 5.01. The number of carbonyl (C=O) groups is 1. The van der Waals surface area contributed by atoms with E-state index in [1.165, 1.54) is 0 Å². The van der Waals surface area contributed by atoms with E-state index in [0.29, 0.717) is 6.04 Å². The van der Waals surface area contributed by atoms with Gasteiger partial charge in [0.05, 0.1) is 12.1 Å². The van der Waals surface area contributed by atoms with Crippen molar-refractivity contribution in [3.63, 3.8) is 0 Å². The molecule has 2 aliphatic heterocycles. The Morgan fingerprint density at radius 3 is 3.00 bits per heavy atom. The monoisotopic (exact) mass is 227 g/mol. The zero-order valence-electron chi connectivity index (χ0n) is 10.1. The summed E-state index contributed by atoms with van der Waals surface area (Å²) in [7, 11) is 3.79. The molecular weight excluding hydrogens is 206 g/mol. The molecule has 2 aliphatic rings. The predicted molar refractivity (Wildman–Crippen MR) is 61.4 cm³/mol. The highest BCUT2D eigenvalue weighted by Crippen LogP contribution is 2.18. The van der Waals surface area contributed by atoms with E-state index in [9.17, 15) is 4.79 Å². The number of nitrogens with zero attached hydrogens (tertiary/aromatic N) is 2. The summed E-state index contributed by atoms with van der Waals surface area (Å²) in [6.45, 7) is 3.27. The normalized spacial score (nSPS) is 30.5. The molecule has 1 N–H and O–H groups in total. The minimum atomic E-state index is 0.135. The van der Waals surface area contributed by atoms with Gasteiger partial charge in [-0.05, 0) is 19.9 Å². The van der Waals surface area contributed by atoms with Crippen LogP contribution in [0.25, 0.3) is 0 Å². The van der Waals surface area contributed by atoms with E-state index in [0.717, 1.165) is 39.1 Å². The molecule has 2 unspecified atom stereocenters. The first kappa shape index (κ1) is 11.7. The number of likely N-dealkylation sites (N-methyl/N-ethyl adjacent to an activating group) is 2. The van der Waals surface area contributed by atoms with Crippen molar-refractivity contribution in [3.05, 3.63) is 0 Å². The van der Waals surface area contributed by atoms with Crippen LogP contribution in [-0.4, -0.2) is 68.3 Å². The Morgan fingerprint density at radius 1 is 1.56 bits per heavy atom. The first-order valence-corrected chi connectivity index (χ1v) is 6.00. The molecule has 2 saturated heterocycles. The number of urea groups is 1. The summed E-state index contributed by atoms with van der Waals surface area (Å²) in [5, 5.41) is 3.12. The molecule has 2 heterocycles. The summed E-state index contributed by atoms with van der Waals surface area (Å²) in [5.74, 6) is 0. The molecule has 0 aliphatic carbocycles. The van der Waals surface area contributed by atoms with Gasteiger partial charge < -0.3 is 19.9 Å². The van der Waals surface area contributed by atoms with Crippen LogP contribution in [0.15, 0.2) is 0 Å². The van der Waals surface area contributed by atoms with Crippen molar-refractivity contribution in [2.75, 3.05) is 40.3 Å². The maximum absolute atomic E-state index is 11.9. The second-order valence-corrected chi connectivity index (χ2v) is 4.64. The maximum Gasteiger partial charge on any atom is 0.320 e. The van der Waals surface area contributed by atoms with E-state index in [-0.39, 0.29) is 12.1 Å². The molecule has 92 valence electrons. The zero-order chi connectivity index (χ0) is 11.5. The number of hydrogen-bond acceptors (Lipinski definition) is 3. The van der Waals surface area contributed by atoms with Gasteiger partial charge in [-0.2, -0.15) is 0 Å². The summed E-state index contributed by atoms with van der Waals surface area (Å²) < 4.78 is 5.57. The van der Waals surface area contributed by atoms with Crippen LogP contribution >= 0.6 is 0 Å². The summed E-state index contributed by atoms with van der Waals surface area (Å²) in [5.41, 5.74) is 0. The quantitative estimate of drug-likeness (QED) is 0.742. The topological polar surface area (TPSA) is 44.8 Å². The summed E-state index contributed by atoms with van der Waals surface area (Å²) >= 11 is 0. The predicted octanol–water partition coefficient (Wildman–Crippen LogP) is 0.121. The molecule has 2 fully saturated rings. The Hall–Kier alpha value is -0.810. The van der Waals surface area contributed by atoms with Gasteiger partial charge in [0.15, 0.2) is 0 Å². The van der Waals surface area contributed by atoms with Crippen LogP contribution in [0.4, 0.5) is 4.79 Å². The number of hydrogen-bond donors (Lipinski definition) is 1. The van der Waals surface area contributed by atoms with E-state index in [1.807, 2.05) is 23.9 Å². The van der Waals surface area contributed by atoms with Gasteiger partial charge in [0, 0.05) is 33.3 Å². The van der Waals surface area contributed by atoms with Crippen molar-refractivity contribution >= 4 is 6.03 Å². The fourth-order valence-corrected chi connectivity index (χ4v) is 2.46. The lowest BCUT2D eigenvalue weighted by Crippen LogP contribution is -2.37. The molecule has 0 radical (unpaired) electrons. The van der Waals surface area contributed by atoms with Crippen LogP contribution < -0.4 is 5.32 Å². The van der Waals surface area contributed by atoms with Gasteiger partial charge in [-0.1, -0.05) is 0 Å². The number of rotatable bonds is 4. The number of carbonyl (C=O) groups excluding carboxylic acids is 1. The first-order valence-electron chi connectivity index (χ1n) is 6.00. The highest BCUT2D eigenvalue weighted by molar-refractivity contribution is 5.77. The fourth-order valence-electron chi connectivity index (χ4n) is 2.46. The third-order valence-corrected chi connectivity index (χ3v) is 3.44. The lowest BCUT2D eigenvalue weighted by Gasteiger charge is -2.19. The van der Waals surface area contributed by atoms with Crippen LogP contribution in [0.3, 0.4) is 0 Å². The molecular formula is C11H21N3O2. The smallest absolute Gasteiger partial charge is 0.320 e.